The van der Waals surface area contributed by atoms with Crippen LogP contribution in [-0.4, -0.2) is 24.9 Å². The minimum atomic E-state index is 0.527. The Kier molecular flexibility index (Phi) is 4.53. The number of nitrogens with zero attached hydrogens (tertiary/aromatic N) is 5. The fourth-order valence-corrected chi connectivity index (χ4v) is 3.37. The van der Waals surface area contributed by atoms with Gasteiger partial charge in [-0.15, -0.1) is 10.2 Å². The molecule has 0 amide bonds. The van der Waals surface area contributed by atoms with E-state index in [1.807, 2.05) is 54.1 Å². The standard InChI is InChI=1S/C19H17N5OS/c1-13-7-6-10-15(11-13)17-21-22-19(24(17)2)26-12-16-20-18(25-23-16)14-8-4-3-5-9-14/h3-11H,12H2,1-2H3. The minimum absolute atomic E-state index is 0.527. The van der Waals surface area contributed by atoms with Crippen LogP contribution in [0, 0.1) is 6.92 Å². The van der Waals surface area contributed by atoms with Gasteiger partial charge in [0.15, 0.2) is 16.8 Å². The van der Waals surface area contributed by atoms with Gasteiger partial charge in [0.25, 0.3) is 5.89 Å². The zero-order valence-corrected chi connectivity index (χ0v) is 15.3. The molecule has 2 heterocycles. The first-order chi connectivity index (χ1) is 12.7. The topological polar surface area (TPSA) is 69.6 Å². The van der Waals surface area contributed by atoms with Crippen LogP contribution in [0.3, 0.4) is 0 Å². The number of aryl methyl sites for hydroxylation is 1. The molecule has 0 N–H and O–H groups in total. The monoisotopic (exact) mass is 363 g/mol. The third-order valence-corrected chi connectivity index (χ3v) is 4.95. The Morgan fingerprint density at radius 3 is 2.62 bits per heavy atom. The van der Waals surface area contributed by atoms with E-state index in [0.717, 1.165) is 22.1 Å². The van der Waals surface area contributed by atoms with Crippen LogP contribution in [0.4, 0.5) is 0 Å². The van der Waals surface area contributed by atoms with Crippen LogP contribution in [0.15, 0.2) is 64.3 Å². The van der Waals surface area contributed by atoms with Crippen molar-refractivity contribution in [2.24, 2.45) is 7.05 Å². The van der Waals surface area contributed by atoms with Crippen LogP contribution >= 0.6 is 11.8 Å². The Morgan fingerprint density at radius 1 is 1.00 bits per heavy atom. The summed E-state index contributed by atoms with van der Waals surface area (Å²) in [6.45, 7) is 2.07. The van der Waals surface area contributed by atoms with Crippen LogP contribution in [0.25, 0.3) is 22.8 Å². The molecule has 26 heavy (non-hydrogen) atoms. The predicted molar refractivity (Wildman–Crippen MR) is 100 cm³/mol. The summed E-state index contributed by atoms with van der Waals surface area (Å²) in [5.74, 6) is 2.57. The van der Waals surface area contributed by atoms with Crippen LogP contribution < -0.4 is 0 Å². The molecule has 0 saturated carbocycles. The van der Waals surface area contributed by atoms with Crippen molar-refractivity contribution in [1.82, 2.24) is 24.9 Å². The van der Waals surface area contributed by atoms with Crippen molar-refractivity contribution in [3.63, 3.8) is 0 Å². The maximum atomic E-state index is 5.34. The molecule has 6 nitrogen and oxygen atoms in total. The van der Waals surface area contributed by atoms with E-state index in [-0.39, 0.29) is 0 Å². The minimum Gasteiger partial charge on any atom is -0.334 e. The molecular weight excluding hydrogens is 346 g/mol. The first-order valence-corrected chi connectivity index (χ1v) is 9.16. The average molecular weight is 363 g/mol. The largest absolute Gasteiger partial charge is 0.334 e. The van der Waals surface area contributed by atoms with Gasteiger partial charge in [-0.25, -0.2) is 0 Å². The predicted octanol–water partition coefficient (Wildman–Crippen LogP) is 4.13. The molecule has 0 aliphatic carbocycles. The highest BCUT2D eigenvalue weighted by Gasteiger charge is 2.14. The second-order valence-corrected chi connectivity index (χ2v) is 6.85. The van der Waals surface area contributed by atoms with Gasteiger partial charge in [0.1, 0.15) is 0 Å². The summed E-state index contributed by atoms with van der Waals surface area (Å²) in [5.41, 5.74) is 3.16. The summed E-state index contributed by atoms with van der Waals surface area (Å²) in [4.78, 5) is 4.45. The first kappa shape index (κ1) is 16.5. The molecule has 0 aliphatic rings. The van der Waals surface area contributed by atoms with E-state index in [9.17, 15) is 0 Å². The van der Waals surface area contributed by atoms with E-state index in [1.54, 1.807) is 0 Å². The molecule has 130 valence electrons. The molecular formula is C19H17N5OS. The van der Waals surface area contributed by atoms with Gasteiger partial charge in [-0.05, 0) is 25.1 Å². The molecule has 4 rings (SSSR count). The molecule has 0 spiro atoms. The molecule has 0 fully saturated rings. The van der Waals surface area contributed by atoms with Crippen molar-refractivity contribution >= 4 is 11.8 Å². The smallest absolute Gasteiger partial charge is 0.257 e. The van der Waals surface area contributed by atoms with Crippen molar-refractivity contribution in [3.05, 3.63) is 66.0 Å². The van der Waals surface area contributed by atoms with Gasteiger partial charge in [0.05, 0.1) is 5.75 Å². The zero-order valence-electron chi connectivity index (χ0n) is 14.5. The summed E-state index contributed by atoms with van der Waals surface area (Å²) in [5, 5.41) is 13.5. The number of aromatic nitrogens is 5. The molecule has 7 heteroatoms. The number of hydrogen-bond acceptors (Lipinski definition) is 6. The lowest BCUT2D eigenvalue weighted by Crippen LogP contribution is -1.95. The third kappa shape index (κ3) is 3.39. The second kappa shape index (κ2) is 7.13. The molecule has 2 aromatic heterocycles. The second-order valence-electron chi connectivity index (χ2n) is 5.91. The molecule has 0 radical (unpaired) electrons. The van der Waals surface area contributed by atoms with E-state index >= 15 is 0 Å². The lowest BCUT2D eigenvalue weighted by atomic mass is 10.1. The van der Waals surface area contributed by atoms with Crippen molar-refractivity contribution in [3.8, 4) is 22.8 Å². The number of thioether (sulfide) groups is 1. The Hall–Kier alpha value is -2.93. The van der Waals surface area contributed by atoms with Crippen molar-refractivity contribution in [2.45, 2.75) is 17.8 Å². The van der Waals surface area contributed by atoms with Crippen molar-refractivity contribution in [2.75, 3.05) is 0 Å². The van der Waals surface area contributed by atoms with Gasteiger partial charge in [0, 0.05) is 18.2 Å². The van der Waals surface area contributed by atoms with E-state index in [4.69, 9.17) is 4.52 Å². The van der Waals surface area contributed by atoms with E-state index in [1.165, 1.54) is 17.3 Å². The Balaban J connectivity index is 1.48. The molecule has 4 aromatic rings. The lowest BCUT2D eigenvalue weighted by Gasteiger charge is -2.03. The normalized spacial score (nSPS) is 11.0. The highest BCUT2D eigenvalue weighted by Crippen LogP contribution is 2.26. The molecule has 0 bridgehead atoms. The molecule has 0 aliphatic heterocycles. The maximum Gasteiger partial charge on any atom is 0.257 e. The fourth-order valence-electron chi connectivity index (χ4n) is 2.62. The van der Waals surface area contributed by atoms with Crippen molar-refractivity contribution in [1.29, 1.82) is 0 Å². The SMILES string of the molecule is Cc1cccc(-c2nnc(SCc3noc(-c4ccccc4)n3)n2C)c1. The van der Waals surface area contributed by atoms with Gasteiger partial charge < -0.3 is 9.09 Å². The average Bonchev–Trinajstić information content (AvgIpc) is 3.28. The summed E-state index contributed by atoms with van der Waals surface area (Å²) in [6, 6.07) is 18.0. The van der Waals surface area contributed by atoms with E-state index in [2.05, 4.69) is 39.4 Å². The number of rotatable bonds is 5. The lowest BCUT2D eigenvalue weighted by molar-refractivity contribution is 0.425. The molecule has 2 aromatic carbocycles. The molecule has 0 unspecified atom stereocenters. The number of hydrogen-bond donors (Lipinski definition) is 0. The van der Waals surface area contributed by atoms with Crippen LogP contribution in [0.5, 0.6) is 0 Å². The summed E-state index contributed by atoms with van der Waals surface area (Å²) in [7, 11) is 1.96. The van der Waals surface area contributed by atoms with Crippen LogP contribution in [0.2, 0.25) is 0 Å². The fraction of sp³-hybridized carbons (Fsp3) is 0.158. The highest BCUT2D eigenvalue weighted by atomic mass is 32.2. The van der Waals surface area contributed by atoms with Crippen molar-refractivity contribution < 1.29 is 4.52 Å². The number of benzene rings is 2. The first-order valence-electron chi connectivity index (χ1n) is 8.18. The summed E-state index contributed by atoms with van der Waals surface area (Å²) in [6.07, 6.45) is 0. The maximum absolute atomic E-state index is 5.34. The van der Waals surface area contributed by atoms with Gasteiger partial charge >= 0.3 is 0 Å². The zero-order chi connectivity index (χ0) is 17.9. The van der Waals surface area contributed by atoms with Crippen LogP contribution in [0.1, 0.15) is 11.4 Å². The highest BCUT2D eigenvalue weighted by molar-refractivity contribution is 7.98. The van der Waals surface area contributed by atoms with E-state index in [0.29, 0.717) is 17.5 Å². The van der Waals surface area contributed by atoms with Gasteiger partial charge in [-0.2, -0.15) is 4.98 Å². The summed E-state index contributed by atoms with van der Waals surface area (Å²) < 4.78 is 7.32. The third-order valence-electron chi connectivity index (χ3n) is 3.93. The van der Waals surface area contributed by atoms with E-state index < -0.39 is 0 Å². The van der Waals surface area contributed by atoms with Gasteiger partial charge in [-0.1, -0.05) is 58.9 Å². The Morgan fingerprint density at radius 2 is 1.81 bits per heavy atom. The summed E-state index contributed by atoms with van der Waals surface area (Å²) >= 11 is 1.53. The van der Waals surface area contributed by atoms with Gasteiger partial charge in [-0.3, -0.25) is 0 Å². The quantitative estimate of drug-likeness (QED) is 0.497. The van der Waals surface area contributed by atoms with Crippen LogP contribution in [-0.2, 0) is 12.8 Å². The molecule has 0 atom stereocenters. The Labute approximate surface area is 155 Å². The van der Waals surface area contributed by atoms with Gasteiger partial charge in [0.2, 0.25) is 0 Å². The molecule has 0 saturated heterocycles. The Bertz CT molecular complexity index is 1030.